The third kappa shape index (κ3) is 2.17. The van der Waals surface area contributed by atoms with Crippen molar-refractivity contribution in [2.45, 2.75) is 18.4 Å². The molecule has 2 unspecified atom stereocenters. The van der Waals surface area contributed by atoms with Gasteiger partial charge in [0.25, 0.3) is 0 Å². The van der Waals surface area contributed by atoms with Crippen molar-refractivity contribution in [1.29, 1.82) is 0 Å². The van der Waals surface area contributed by atoms with Crippen LogP contribution in [0.2, 0.25) is 0 Å². The number of hydrogen-bond acceptors (Lipinski definition) is 2. The minimum atomic E-state index is -0.854. The van der Waals surface area contributed by atoms with Gasteiger partial charge in [-0.05, 0) is 12.0 Å². The van der Waals surface area contributed by atoms with Gasteiger partial charge >= 0.3 is 6.09 Å². The average molecular weight is 220 g/mol. The number of carbonyl (C=O) groups is 1. The number of piperidine rings is 1. The van der Waals surface area contributed by atoms with Crippen LogP contribution >= 0.6 is 0 Å². The van der Waals surface area contributed by atoms with E-state index in [0.29, 0.717) is 13.1 Å². The van der Waals surface area contributed by atoms with Crippen molar-refractivity contribution in [2.75, 3.05) is 13.1 Å². The van der Waals surface area contributed by atoms with E-state index in [1.807, 2.05) is 30.3 Å². The van der Waals surface area contributed by atoms with Gasteiger partial charge in [-0.1, -0.05) is 30.3 Å². The van der Waals surface area contributed by atoms with Gasteiger partial charge in [-0.2, -0.15) is 0 Å². The van der Waals surface area contributed by atoms with Crippen molar-refractivity contribution >= 4 is 6.09 Å². The number of carboxylic acid groups (broad SMARTS) is 1. The van der Waals surface area contributed by atoms with Gasteiger partial charge in [0.2, 0.25) is 0 Å². The summed E-state index contributed by atoms with van der Waals surface area (Å²) in [6, 6.07) is 9.94. The molecular formula is C12H16N2O2. The molecule has 1 aromatic carbocycles. The monoisotopic (exact) mass is 220 g/mol. The van der Waals surface area contributed by atoms with E-state index in [9.17, 15) is 4.79 Å². The third-order valence-corrected chi connectivity index (χ3v) is 3.16. The predicted octanol–water partition coefficient (Wildman–Crippen LogP) is 1.48. The highest BCUT2D eigenvalue weighted by molar-refractivity contribution is 5.65. The molecule has 1 fully saturated rings. The number of amides is 1. The number of rotatable bonds is 1. The zero-order chi connectivity index (χ0) is 11.5. The van der Waals surface area contributed by atoms with E-state index in [1.165, 1.54) is 4.90 Å². The van der Waals surface area contributed by atoms with Gasteiger partial charge in [0.05, 0.1) is 0 Å². The smallest absolute Gasteiger partial charge is 0.407 e. The second-order valence-electron chi connectivity index (χ2n) is 4.20. The third-order valence-electron chi connectivity index (χ3n) is 3.16. The van der Waals surface area contributed by atoms with Crippen LogP contribution in [0.4, 0.5) is 4.79 Å². The average Bonchev–Trinajstić information content (AvgIpc) is 2.30. The van der Waals surface area contributed by atoms with Crippen molar-refractivity contribution in [2.24, 2.45) is 5.73 Å². The Morgan fingerprint density at radius 2 is 2.06 bits per heavy atom. The van der Waals surface area contributed by atoms with Crippen LogP contribution in [0.3, 0.4) is 0 Å². The lowest BCUT2D eigenvalue weighted by Gasteiger charge is -2.35. The molecular weight excluding hydrogens is 204 g/mol. The number of hydrogen-bond donors (Lipinski definition) is 2. The van der Waals surface area contributed by atoms with Gasteiger partial charge in [0.1, 0.15) is 0 Å². The van der Waals surface area contributed by atoms with Gasteiger partial charge in [0.15, 0.2) is 0 Å². The molecule has 0 spiro atoms. The molecule has 1 aromatic rings. The first-order chi connectivity index (χ1) is 7.68. The van der Waals surface area contributed by atoms with Crippen LogP contribution in [-0.4, -0.2) is 35.2 Å². The Balaban J connectivity index is 2.16. The lowest BCUT2D eigenvalue weighted by Crippen LogP contribution is -2.47. The Kier molecular flexibility index (Phi) is 3.10. The van der Waals surface area contributed by atoms with Crippen LogP contribution in [0.25, 0.3) is 0 Å². The van der Waals surface area contributed by atoms with Gasteiger partial charge in [-0.25, -0.2) is 4.79 Å². The molecule has 0 aliphatic carbocycles. The fourth-order valence-electron chi connectivity index (χ4n) is 2.20. The summed E-state index contributed by atoms with van der Waals surface area (Å²) in [5, 5.41) is 8.97. The molecule has 2 atom stereocenters. The van der Waals surface area contributed by atoms with Gasteiger partial charge in [-0.3, -0.25) is 0 Å². The van der Waals surface area contributed by atoms with Crippen LogP contribution in [0.15, 0.2) is 30.3 Å². The van der Waals surface area contributed by atoms with Crippen molar-refractivity contribution in [3.63, 3.8) is 0 Å². The van der Waals surface area contributed by atoms with Crippen LogP contribution in [0.5, 0.6) is 0 Å². The number of nitrogens with zero attached hydrogens (tertiary/aromatic N) is 1. The number of benzene rings is 1. The molecule has 1 saturated heterocycles. The fourth-order valence-corrected chi connectivity index (χ4v) is 2.20. The second-order valence-corrected chi connectivity index (χ2v) is 4.20. The highest BCUT2D eigenvalue weighted by atomic mass is 16.4. The van der Waals surface area contributed by atoms with E-state index < -0.39 is 6.09 Å². The largest absolute Gasteiger partial charge is 0.465 e. The van der Waals surface area contributed by atoms with E-state index in [0.717, 1.165) is 12.0 Å². The lowest BCUT2D eigenvalue weighted by atomic mass is 9.87. The van der Waals surface area contributed by atoms with Crippen molar-refractivity contribution in [3.05, 3.63) is 35.9 Å². The fraction of sp³-hybridized carbons (Fsp3) is 0.417. The van der Waals surface area contributed by atoms with E-state index in [1.54, 1.807) is 0 Å². The minimum absolute atomic E-state index is 0.0537. The first-order valence-corrected chi connectivity index (χ1v) is 5.47. The molecule has 16 heavy (non-hydrogen) atoms. The highest BCUT2D eigenvalue weighted by Gasteiger charge is 2.29. The summed E-state index contributed by atoms with van der Waals surface area (Å²) >= 11 is 0. The van der Waals surface area contributed by atoms with Crippen LogP contribution in [-0.2, 0) is 0 Å². The molecule has 1 aliphatic rings. The standard InChI is InChI=1S/C12H16N2O2/c13-11-6-7-14(12(15)16)8-10(11)9-4-2-1-3-5-9/h1-5,10-11H,6-8,13H2,(H,15,16). The van der Waals surface area contributed by atoms with E-state index >= 15 is 0 Å². The molecule has 0 radical (unpaired) electrons. The van der Waals surface area contributed by atoms with Gasteiger partial charge < -0.3 is 15.7 Å². The summed E-state index contributed by atoms with van der Waals surface area (Å²) < 4.78 is 0. The SMILES string of the molecule is NC1CCN(C(=O)O)CC1c1ccccc1. The van der Waals surface area contributed by atoms with Gasteiger partial charge in [-0.15, -0.1) is 0 Å². The Morgan fingerprint density at radius 1 is 1.38 bits per heavy atom. The van der Waals surface area contributed by atoms with Crippen LogP contribution in [0.1, 0.15) is 17.9 Å². The molecule has 2 rings (SSSR count). The predicted molar refractivity (Wildman–Crippen MR) is 61.4 cm³/mol. The Bertz CT molecular complexity index is 367. The zero-order valence-electron chi connectivity index (χ0n) is 9.04. The summed E-state index contributed by atoms with van der Waals surface area (Å²) in [4.78, 5) is 12.4. The summed E-state index contributed by atoms with van der Waals surface area (Å²) in [6.45, 7) is 1.04. The molecule has 86 valence electrons. The molecule has 1 amide bonds. The second kappa shape index (κ2) is 4.53. The maximum atomic E-state index is 10.9. The van der Waals surface area contributed by atoms with Gasteiger partial charge in [0, 0.05) is 25.0 Å². The first kappa shape index (κ1) is 11.0. The molecule has 4 heteroatoms. The Labute approximate surface area is 94.7 Å². The zero-order valence-corrected chi connectivity index (χ0v) is 9.04. The lowest BCUT2D eigenvalue weighted by molar-refractivity contribution is 0.126. The Morgan fingerprint density at radius 3 is 2.69 bits per heavy atom. The summed E-state index contributed by atoms with van der Waals surface area (Å²) in [7, 11) is 0. The normalized spacial score (nSPS) is 25.4. The summed E-state index contributed by atoms with van der Waals surface area (Å²) in [6.07, 6.45) is -0.126. The van der Waals surface area contributed by atoms with E-state index in [-0.39, 0.29) is 12.0 Å². The molecule has 0 saturated carbocycles. The van der Waals surface area contributed by atoms with Crippen molar-refractivity contribution in [3.8, 4) is 0 Å². The molecule has 4 nitrogen and oxygen atoms in total. The molecule has 1 heterocycles. The van der Waals surface area contributed by atoms with Crippen LogP contribution in [0, 0.1) is 0 Å². The maximum absolute atomic E-state index is 10.9. The van der Waals surface area contributed by atoms with E-state index in [2.05, 4.69) is 0 Å². The van der Waals surface area contributed by atoms with E-state index in [4.69, 9.17) is 10.8 Å². The molecule has 0 bridgehead atoms. The first-order valence-electron chi connectivity index (χ1n) is 5.47. The quantitative estimate of drug-likeness (QED) is 0.753. The van der Waals surface area contributed by atoms with Crippen molar-refractivity contribution in [1.82, 2.24) is 4.90 Å². The Hall–Kier alpha value is -1.55. The molecule has 1 aliphatic heterocycles. The topological polar surface area (TPSA) is 66.6 Å². The van der Waals surface area contributed by atoms with Crippen LogP contribution < -0.4 is 5.73 Å². The maximum Gasteiger partial charge on any atom is 0.407 e. The molecule has 3 N–H and O–H groups in total. The number of nitrogens with two attached hydrogens (primary N) is 1. The summed E-state index contributed by atoms with van der Waals surface area (Å²) in [5.74, 6) is 0.117. The number of likely N-dealkylation sites (tertiary alicyclic amines) is 1. The molecule has 0 aromatic heterocycles. The highest BCUT2D eigenvalue weighted by Crippen LogP contribution is 2.25. The summed E-state index contributed by atoms with van der Waals surface area (Å²) in [5.41, 5.74) is 7.18. The van der Waals surface area contributed by atoms with Crippen molar-refractivity contribution < 1.29 is 9.90 Å². The minimum Gasteiger partial charge on any atom is -0.465 e.